The molecule has 4 nitrogen and oxygen atoms in total. The SMILES string of the molecule is Cc1ccc(/C=C/C(=O)Nc2ccc(C(=O)O)cc2)s1. The normalized spacial score (nSPS) is 10.7. The molecule has 0 saturated heterocycles. The Labute approximate surface area is 120 Å². The third kappa shape index (κ3) is 3.80. The molecule has 0 saturated carbocycles. The molecule has 2 N–H and O–H groups in total. The van der Waals surface area contributed by atoms with Crippen molar-refractivity contribution in [3.05, 3.63) is 57.8 Å². The molecular weight excluding hydrogens is 274 g/mol. The van der Waals surface area contributed by atoms with Crippen molar-refractivity contribution in [1.82, 2.24) is 0 Å². The zero-order chi connectivity index (χ0) is 14.5. The van der Waals surface area contributed by atoms with Crippen molar-refractivity contribution in [3.8, 4) is 0 Å². The Morgan fingerprint density at radius 2 is 1.85 bits per heavy atom. The van der Waals surface area contributed by atoms with Crippen molar-refractivity contribution in [2.75, 3.05) is 5.32 Å². The second-order valence-corrected chi connectivity index (χ2v) is 5.47. The number of thiophene rings is 1. The van der Waals surface area contributed by atoms with Crippen molar-refractivity contribution in [2.24, 2.45) is 0 Å². The number of amides is 1. The molecule has 0 aliphatic rings. The van der Waals surface area contributed by atoms with Crippen LogP contribution in [0.5, 0.6) is 0 Å². The number of rotatable bonds is 4. The first-order valence-corrected chi connectivity index (χ1v) is 6.75. The first-order valence-electron chi connectivity index (χ1n) is 5.93. The highest BCUT2D eigenvalue weighted by Crippen LogP contribution is 2.16. The highest BCUT2D eigenvalue weighted by molar-refractivity contribution is 7.12. The minimum atomic E-state index is -0.990. The lowest BCUT2D eigenvalue weighted by atomic mass is 10.2. The summed E-state index contributed by atoms with van der Waals surface area (Å²) in [7, 11) is 0. The number of carbonyl (C=O) groups is 2. The van der Waals surface area contributed by atoms with Gasteiger partial charge in [0.1, 0.15) is 0 Å². The predicted octanol–water partition coefficient (Wildman–Crippen LogP) is 3.41. The van der Waals surface area contributed by atoms with Gasteiger partial charge in [-0.25, -0.2) is 4.79 Å². The Balaban J connectivity index is 1.97. The Kier molecular flexibility index (Phi) is 4.32. The summed E-state index contributed by atoms with van der Waals surface area (Å²) in [5, 5.41) is 11.4. The van der Waals surface area contributed by atoms with E-state index in [0.717, 1.165) is 4.88 Å². The third-order valence-corrected chi connectivity index (χ3v) is 3.53. The zero-order valence-corrected chi connectivity index (χ0v) is 11.6. The summed E-state index contributed by atoms with van der Waals surface area (Å²) >= 11 is 1.61. The molecule has 1 aromatic heterocycles. The average Bonchev–Trinajstić information content (AvgIpc) is 2.83. The van der Waals surface area contributed by atoms with E-state index >= 15 is 0 Å². The Bertz CT molecular complexity index is 656. The summed E-state index contributed by atoms with van der Waals surface area (Å²) in [4.78, 5) is 24.6. The molecule has 0 atom stereocenters. The van der Waals surface area contributed by atoms with Crippen molar-refractivity contribution in [2.45, 2.75) is 6.92 Å². The second-order valence-electron chi connectivity index (χ2n) is 4.15. The lowest BCUT2D eigenvalue weighted by Crippen LogP contribution is -2.07. The fourth-order valence-electron chi connectivity index (χ4n) is 1.58. The van der Waals surface area contributed by atoms with Gasteiger partial charge in [0.25, 0.3) is 0 Å². The number of carbonyl (C=O) groups excluding carboxylic acids is 1. The van der Waals surface area contributed by atoms with Crippen LogP contribution in [0.3, 0.4) is 0 Å². The van der Waals surface area contributed by atoms with E-state index in [1.807, 2.05) is 19.1 Å². The van der Waals surface area contributed by atoms with Gasteiger partial charge in [-0.05, 0) is 49.4 Å². The summed E-state index contributed by atoms with van der Waals surface area (Å²) in [6.07, 6.45) is 3.20. The van der Waals surface area contributed by atoms with Crippen LogP contribution < -0.4 is 5.32 Å². The summed E-state index contributed by atoms with van der Waals surface area (Å²) in [6, 6.07) is 9.96. The number of benzene rings is 1. The largest absolute Gasteiger partial charge is 0.478 e. The van der Waals surface area contributed by atoms with Gasteiger partial charge in [-0.2, -0.15) is 0 Å². The van der Waals surface area contributed by atoms with E-state index in [1.165, 1.54) is 23.1 Å². The number of anilines is 1. The topological polar surface area (TPSA) is 66.4 Å². The number of hydrogen-bond acceptors (Lipinski definition) is 3. The summed E-state index contributed by atoms with van der Waals surface area (Å²) in [5.74, 6) is -1.24. The molecule has 5 heteroatoms. The molecule has 0 unspecified atom stereocenters. The Morgan fingerprint density at radius 3 is 2.40 bits per heavy atom. The van der Waals surface area contributed by atoms with Gasteiger partial charge in [0.2, 0.25) is 5.91 Å². The van der Waals surface area contributed by atoms with Gasteiger partial charge in [0, 0.05) is 21.5 Å². The van der Waals surface area contributed by atoms with Gasteiger partial charge in [0.05, 0.1) is 5.56 Å². The van der Waals surface area contributed by atoms with Crippen LogP contribution in [-0.4, -0.2) is 17.0 Å². The quantitative estimate of drug-likeness (QED) is 0.847. The molecule has 1 aromatic carbocycles. The number of hydrogen-bond donors (Lipinski definition) is 2. The monoisotopic (exact) mass is 287 g/mol. The standard InChI is InChI=1S/C15H13NO3S/c1-10-2-7-13(20-10)8-9-14(17)16-12-5-3-11(4-6-12)15(18)19/h2-9H,1H3,(H,16,17)(H,18,19)/b9-8+. The van der Waals surface area contributed by atoms with Crippen molar-refractivity contribution >= 4 is 35.0 Å². The molecule has 1 amide bonds. The fourth-order valence-corrected chi connectivity index (χ4v) is 2.36. The number of carboxylic acids is 1. The lowest BCUT2D eigenvalue weighted by molar-refractivity contribution is -0.111. The Morgan fingerprint density at radius 1 is 1.15 bits per heavy atom. The second kappa shape index (κ2) is 6.16. The highest BCUT2D eigenvalue weighted by atomic mass is 32.1. The van der Waals surface area contributed by atoms with E-state index in [2.05, 4.69) is 5.32 Å². The minimum Gasteiger partial charge on any atom is -0.478 e. The van der Waals surface area contributed by atoms with Crippen LogP contribution in [0.4, 0.5) is 5.69 Å². The van der Waals surface area contributed by atoms with Gasteiger partial charge in [-0.15, -0.1) is 11.3 Å². The average molecular weight is 287 g/mol. The smallest absolute Gasteiger partial charge is 0.335 e. The van der Waals surface area contributed by atoms with Crippen molar-refractivity contribution in [1.29, 1.82) is 0 Å². The number of nitrogens with one attached hydrogen (secondary N) is 1. The first kappa shape index (κ1) is 14.0. The van der Waals surface area contributed by atoms with E-state index in [-0.39, 0.29) is 11.5 Å². The maximum atomic E-state index is 11.7. The van der Waals surface area contributed by atoms with Crippen LogP contribution >= 0.6 is 11.3 Å². The van der Waals surface area contributed by atoms with E-state index in [1.54, 1.807) is 29.5 Å². The van der Waals surface area contributed by atoms with Gasteiger partial charge in [0.15, 0.2) is 0 Å². The maximum Gasteiger partial charge on any atom is 0.335 e. The molecule has 20 heavy (non-hydrogen) atoms. The molecule has 0 fully saturated rings. The predicted molar refractivity (Wildman–Crippen MR) is 80.1 cm³/mol. The molecular formula is C15H13NO3S. The van der Waals surface area contributed by atoms with Gasteiger partial charge in [-0.1, -0.05) is 0 Å². The third-order valence-electron chi connectivity index (χ3n) is 2.56. The summed E-state index contributed by atoms with van der Waals surface area (Å²) in [6.45, 7) is 2.01. The van der Waals surface area contributed by atoms with Crippen LogP contribution in [-0.2, 0) is 4.79 Å². The summed E-state index contributed by atoms with van der Waals surface area (Å²) < 4.78 is 0. The van der Waals surface area contributed by atoms with Crippen LogP contribution in [0.15, 0.2) is 42.5 Å². The van der Waals surface area contributed by atoms with Gasteiger partial charge in [-0.3, -0.25) is 4.79 Å². The van der Waals surface area contributed by atoms with E-state index in [4.69, 9.17) is 5.11 Å². The zero-order valence-electron chi connectivity index (χ0n) is 10.8. The number of carboxylic acid groups (broad SMARTS) is 1. The molecule has 0 radical (unpaired) electrons. The molecule has 102 valence electrons. The van der Waals surface area contributed by atoms with Crippen LogP contribution in [0.25, 0.3) is 6.08 Å². The molecule has 2 rings (SSSR count). The fraction of sp³-hybridized carbons (Fsp3) is 0.0667. The molecule has 0 spiro atoms. The van der Waals surface area contributed by atoms with Crippen LogP contribution in [0.2, 0.25) is 0 Å². The first-order chi connectivity index (χ1) is 9.54. The van der Waals surface area contributed by atoms with E-state index in [0.29, 0.717) is 5.69 Å². The Hall–Kier alpha value is -2.40. The van der Waals surface area contributed by atoms with E-state index < -0.39 is 5.97 Å². The van der Waals surface area contributed by atoms with Crippen molar-refractivity contribution < 1.29 is 14.7 Å². The molecule has 0 aliphatic carbocycles. The molecule has 1 heterocycles. The summed E-state index contributed by atoms with van der Waals surface area (Å²) in [5.41, 5.74) is 0.750. The molecule has 2 aromatic rings. The minimum absolute atomic E-state index is 0.188. The van der Waals surface area contributed by atoms with Crippen LogP contribution in [0, 0.1) is 6.92 Å². The highest BCUT2D eigenvalue weighted by Gasteiger charge is 2.03. The lowest BCUT2D eigenvalue weighted by Gasteiger charge is -2.02. The number of aromatic carboxylic acids is 1. The maximum absolute atomic E-state index is 11.7. The van der Waals surface area contributed by atoms with Crippen LogP contribution in [0.1, 0.15) is 20.1 Å². The van der Waals surface area contributed by atoms with Gasteiger partial charge >= 0.3 is 5.97 Å². The molecule has 0 bridgehead atoms. The molecule has 0 aliphatic heterocycles. The van der Waals surface area contributed by atoms with Gasteiger partial charge < -0.3 is 10.4 Å². The number of aryl methyl sites for hydroxylation is 1. The van der Waals surface area contributed by atoms with E-state index in [9.17, 15) is 9.59 Å². The van der Waals surface area contributed by atoms with Crippen molar-refractivity contribution in [3.63, 3.8) is 0 Å².